The highest BCUT2D eigenvalue weighted by molar-refractivity contribution is 5.32. The van der Waals surface area contributed by atoms with Crippen LogP contribution in [0.1, 0.15) is 39.2 Å². The topological polar surface area (TPSA) is 30.5 Å². The third kappa shape index (κ3) is 4.22. The Morgan fingerprint density at radius 1 is 1.25 bits per heavy atom. The molecular formula is C17H27NO2. The molecule has 0 bridgehead atoms. The van der Waals surface area contributed by atoms with Gasteiger partial charge in [0.05, 0.1) is 12.2 Å². The van der Waals surface area contributed by atoms with Gasteiger partial charge in [-0.15, -0.1) is 0 Å². The predicted octanol–water partition coefficient (Wildman–Crippen LogP) is 3.13. The lowest BCUT2D eigenvalue weighted by molar-refractivity contribution is 0.0193. The van der Waals surface area contributed by atoms with Gasteiger partial charge in [-0.3, -0.25) is 0 Å². The zero-order valence-corrected chi connectivity index (χ0v) is 13.1. The van der Waals surface area contributed by atoms with Gasteiger partial charge in [0.25, 0.3) is 0 Å². The van der Waals surface area contributed by atoms with Crippen molar-refractivity contribution in [2.45, 2.75) is 51.2 Å². The lowest BCUT2D eigenvalue weighted by atomic mass is 9.87. The van der Waals surface area contributed by atoms with Crippen LogP contribution in [0, 0.1) is 0 Å². The molecule has 0 saturated carbocycles. The number of rotatable bonds is 5. The summed E-state index contributed by atoms with van der Waals surface area (Å²) < 4.78 is 11.8. The van der Waals surface area contributed by atoms with Crippen LogP contribution in [0.3, 0.4) is 0 Å². The zero-order valence-electron chi connectivity index (χ0n) is 13.1. The van der Waals surface area contributed by atoms with Crippen molar-refractivity contribution in [3.05, 3.63) is 29.8 Å². The van der Waals surface area contributed by atoms with Crippen LogP contribution in [0.15, 0.2) is 24.3 Å². The molecule has 20 heavy (non-hydrogen) atoms. The highest BCUT2D eigenvalue weighted by Gasteiger charge is 2.25. The predicted molar refractivity (Wildman–Crippen MR) is 82.5 cm³/mol. The fraction of sp³-hybridized carbons (Fsp3) is 0.647. The fourth-order valence-corrected chi connectivity index (χ4v) is 2.52. The van der Waals surface area contributed by atoms with Crippen LogP contribution in [-0.2, 0) is 10.2 Å². The van der Waals surface area contributed by atoms with Gasteiger partial charge in [0.1, 0.15) is 12.4 Å². The maximum absolute atomic E-state index is 5.93. The Kier molecular flexibility index (Phi) is 5.06. The number of ether oxygens (including phenoxy) is 2. The van der Waals surface area contributed by atoms with Gasteiger partial charge >= 0.3 is 0 Å². The third-order valence-electron chi connectivity index (χ3n) is 3.76. The highest BCUT2D eigenvalue weighted by Crippen LogP contribution is 2.26. The quantitative estimate of drug-likeness (QED) is 0.897. The summed E-state index contributed by atoms with van der Waals surface area (Å²) in [6.07, 6.45) is 2.78. The molecule has 112 valence electrons. The van der Waals surface area contributed by atoms with Crippen molar-refractivity contribution in [3.8, 4) is 5.75 Å². The van der Waals surface area contributed by atoms with E-state index < -0.39 is 0 Å². The molecule has 1 fully saturated rings. The minimum absolute atomic E-state index is 0.154. The van der Waals surface area contributed by atoms with Crippen LogP contribution >= 0.6 is 0 Å². The Balaban J connectivity index is 1.86. The van der Waals surface area contributed by atoms with Crippen molar-refractivity contribution >= 4 is 0 Å². The molecule has 0 aliphatic carbocycles. The van der Waals surface area contributed by atoms with Gasteiger partial charge in [0.15, 0.2) is 0 Å². The average molecular weight is 277 g/mol. The second-order valence-corrected chi connectivity index (χ2v) is 6.60. The first-order valence-corrected chi connectivity index (χ1v) is 7.52. The summed E-state index contributed by atoms with van der Waals surface area (Å²) in [6.45, 7) is 8.22. The standard InChI is InChI=1S/C17H27NO2/c1-17(2,3)13-6-5-7-14(10-13)19-12-16-9-8-15(20-16)11-18-4/h5-7,10,15-16,18H,8-9,11-12H2,1-4H3. The molecule has 1 N–H and O–H groups in total. The number of likely N-dealkylation sites (N-methyl/N-ethyl adjacent to an activating group) is 1. The molecule has 2 unspecified atom stereocenters. The van der Waals surface area contributed by atoms with E-state index in [2.05, 4.69) is 44.3 Å². The molecule has 1 saturated heterocycles. The molecule has 1 aromatic carbocycles. The molecule has 3 heteroatoms. The maximum atomic E-state index is 5.93. The van der Waals surface area contributed by atoms with Crippen molar-refractivity contribution in [2.24, 2.45) is 0 Å². The minimum Gasteiger partial charge on any atom is -0.491 e. The van der Waals surface area contributed by atoms with Gasteiger partial charge in [0, 0.05) is 6.54 Å². The SMILES string of the molecule is CNCC1CCC(COc2cccc(C(C)(C)C)c2)O1. The Labute approximate surface area is 122 Å². The smallest absolute Gasteiger partial charge is 0.119 e. The van der Waals surface area contributed by atoms with E-state index in [1.165, 1.54) is 5.56 Å². The minimum atomic E-state index is 0.154. The van der Waals surface area contributed by atoms with Crippen LogP contribution in [-0.4, -0.2) is 32.4 Å². The van der Waals surface area contributed by atoms with Gasteiger partial charge in [-0.1, -0.05) is 32.9 Å². The van der Waals surface area contributed by atoms with E-state index in [0.717, 1.165) is 25.1 Å². The maximum Gasteiger partial charge on any atom is 0.119 e. The molecule has 0 spiro atoms. The van der Waals surface area contributed by atoms with Crippen molar-refractivity contribution in [3.63, 3.8) is 0 Å². The van der Waals surface area contributed by atoms with E-state index in [4.69, 9.17) is 9.47 Å². The Hall–Kier alpha value is -1.06. The molecule has 1 aliphatic heterocycles. The first kappa shape index (κ1) is 15.3. The van der Waals surface area contributed by atoms with Crippen molar-refractivity contribution in [2.75, 3.05) is 20.2 Å². The van der Waals surface area contributed by atoms with Gasteiger partial charge in [-0.05, 0) is 43.0 Å². The summed E-state index contributed by atoms with van der Waals surface area (Å²) >= 11 is 0. The van der Waals surface area contributed by atoms with Crippen LogP contribution in [0.25, 0.3) is 0 Å². The van der Waals surface area contributed by atoms with Gasteiger partial charge in [-0.25, -0.2) is 0 Å². The summed E-state index contributed by atoms with van der Waals surface area (Å²) in [5.74, 6) is 0.943. The van der Waals surface area contributed by atoms with E-state index >= 15 is 0 Å². The lowest BCUT2D eigenvalue weighted by Crippen LogP contribution is -2.25. The summed E-state index contributed by atoms with van der Waals surface area (Å²) in [5.41, 5.74) is 1.46. The second kappa shape index (κ2) is 6.59. The number of hydrogen-bond acceptors (Lipinski definition) is 3. The summed E-state index contributed by atoms with van der Waals surface area (Å²) in [4.78, 5) is 0. The highest BCUT2D eigenvalue weighted by atomic mass is 16.5. The largest absolute Gasteiger partial charge is 0.491 e. The normalized spacial score (nSPS) is 23.0. The molecule has 2 rings (SSSR count). The lowest BCUT2D eigenvalue weighted by Gasteiger charge is -2.20. The molecule has 0 radical (unpaired) electrons. The number of nitrogens with one attached hydrogen (secondary N) is 1. The first-order valence-electron chi connectivity index (χ1n) is 7.52. The Morgan fingerprint density at radius 2 is 2.00 bits per heavy atom. The van der Waals surface area contributed by atoms with Gasteiger partial charge in [-0.2, -0.15) is 0 Å². The van der Waals surface area contributed by atoms with Crippen LogP contribution in [0.2, 0.25) is 0 Å². The van der Waals surface area contributed by atoms with Crippen LogP contribution < -0.4 is 10.1 Å². The van der Waals surface area contributed by atoms with Crippen LogP contribution in [0.4, 0.5) is 0 Å². The van der Waals surface area contributed by atoms with Gasteiger partial charge in [0.2, 0.25) is 0 Å². The van der Waals surface area contributed by atoms with Crippen molar-refractivity contribution < 1.29 is 9.47 Å². The summed E-state index contributed by atoms with van der Waals surface area (Å²) in [5, 5.41) is 3.16. The van der Waals surface area contributed by atoms with Crippen molar-refractivity contribution in [1.82, 2.24) is 5.32 Å². The molecule has 0 amide bonds. The average Bonchev–Trinajstić information content (AvgIpc) is 2.84. The Bertz CT molecular complexity index is 425. The molecule has 0 aromatic heterocycles. The third-order valence-corrected chi connectivity index (χ3v) is 3.76. The molecule has 1 aliphatic rings. The molecule has 1 aromatic rings. The Morgan fingerprint density at radius 3 is 2.70 bits per heavy atom. The van der Waals surface area contributed by atoms with E-state index in [-0.39, 0.29) is 11.5 Å². The van der Waals surface area contributed by atoms with Crippen molar-refractivity contribution in [1.29, 1.82) is 0 Å². The summed E-state index contributed by atoms with van der Waals surface area (Å²) in [6, 6.07) is 8.38. The van der Waals surface area contributed by atoms with E-state index in [1.54, 1.807) is 0 Å². The first-order chi connectivity index (χ1) is 9.49. The zero-order chi connectivity index (χ0) is 14.6. The van der Waals surface area contributed by atoms with E-state index in [9.17, 15) is 0 Å². The number of hydrogen-bond donors (Lipinski definition) is 1. The molecule has 2 atom stereocenters. The summed E-state index contributed by atoms with van der Waals surface area (Å²) in [7, 11) is 1.96. The monoisotopic (exact) mass is 277 g/mol. The fourth-order valence-electron chi connectivity index (χ4n) is 2.52. The van der Waals surface area contributed by atoms with E-state index in [0.29, 0.717) is 12.7 Å². The van der Waals surface area contributed by atoms with E-state index in [1.807, 2.05) is 13.1 Å². The molecular weight excluding hydrogens is 250 g/mol. The van der Waals surface area contributed by atoms with Crippen LogP contribution in [0.5, 0.6) is 5.75 Å². The number of benzene rings is 1. The molecule has 3 nitrogen and oxygen atoms in total. The molecule has 1 heterocycles. The van der Waals surface area contributed by atoms with Gasteiger partial charge < -0.3 is 14.8 Å². The second-order valence-electron chi connectivity index (χ2n) is 6.60.